The Morgan fingerprint density at radius 1 is 1.32 bits per heavy atom. The van der Waals surface area contributed by atoms with E-state index in [1.807, 2.05) is 13.1 Å². The van der Waals surface area contributed by atoms with Gasteiger partial charge < -0.3 is 5.32 Å². The van der Waals surface area contributed by atoms with Crippen LogP contribution >= 0.6 is 0 Å². The van der Waals surface area contributed by atoms with E-state index in [0.717, 1.165) is 41.7 Å². The number of carbonyl (C=O) groups is 1. The number of amides is 1. The molecule has 1 amide bonds. The number of carbonyl (C=O) groups excluding carboxylic acids is 1. The van der Waals surface area contributed by atoms with E-state index in [4.69, 9.17) is 5.10 Å². The van der Waals surface area contributed by atoms with Gasteiger partial charge >= 0.3 is 0 Å². The maximum Gasteiger partial charge on any atom is 0.220 e. The predicted molar refractivity (Wildman–Crippen MR) is 123 cm³/mol. The molecule has 3 aromatic rings. The van der Waals surface area contributed by atoms with E-state index in [1.54, 1.807) is 28.6 Å². The lowest BCUT2D eigenvalue weighted by molar-refractivity contribution is -0.123. The molecule has 2 atom stereocenters. The summed E-state index contributed by atoms with van der Waals surface area (Å²) in [5.41, 5.74) is 3.02. The fourth-order valence-electron chi connectivity index (χ4n) is 5.11. The van der Waals surface area contributed by atoms with Crippen molar-refractivity contribution in [3.63, 3.8) is 0 Å². The molecule has 0 bridgehead atoms. The lowest BCUT2D eigenvalue weighted by Crippen LogP contribution is -2.47. The topological polar surface area (TPSA) is 112 Å². The van der Waals surface area contributed by atoms with Gasteiger partial charge in [0.1, 0.15) is 11.5 Å². The zero-order valence-electron chi connectivity index (χ0n) is 19.2. The van der Waals surface area contributed by atoms with Crippen molar-refractivity contribution in [1.29, 1.82) is 0 Å². The standard InChI is InChI=1S/C23H27FN6O3S/c1-23(8-10-34(32,33)14-23)27-21(31)12-15-3-5-17-19(11-15)30(20-6-4-16(24)13-25-20)28-22(17)18-7-9-26-29(18)2/h4,6-7,9,13,15H,3,5,8,10-12,14H2,1-2H3,(H,27,31)/t15?,23-/m0/s1. The minimum Gasteiger partial charge on any atom is -0.350 e. The number of rotatable bonds is 5. The van der Waals surface area contributed by atoms with E-state index in [2.05, 4.69) is 15.4 Å². The van der Waals surface area contributed by atoms with Gasteiger partial charge in [-0.1, -0.05) is 0 Å². The molecule has 0 spiro atoms. The number of hydrogen-bond acceptors (Lipinski definition) is 6. The van der Waals surface area contributed by atoms with Crippen LogP contribution in [0.3, 0.4) is 0 Å². The molecule has 1 unspecified atom stereocenters. The van der Waals surface area contributed by atoms with Gasteiger partial charge in [-0.2, -0.15) is 10.2 Å². The van der Waals surface area contributed by atoms with Crippen LogP contribution in [0.2, 0.25) is 0 Å². The van der Waals surface area contributed by atoms with Crippen molar-refractivity contribution in [2.75, 3.05) is 11.5 Å². The molecule has 11 heteroatoms. The van der Waals surface area contributed by atoms with Gasteiger partial charge in [0.25, 0.3) is 0 Å². The van der Waals surface area contributed by atoms with Gasteiger partial charge in [-0.25, -0.2) is 22.5 Å². The van der Waals surface area contributed by atoms with E-state index in [1.165, 1.54) is 6.07 Å². The summed E-state index contributed by atoms with van der Waals surface area (Å²) in [6, 6.07) is 4.85. The van der Waals surface area contributed by atoms with Crippen molar-refractivity contribution in [2.24, 2.45) is 13.0 Å². The third kappa shape index (κ3) is 4.36. The smallest absolute Gasteiger partial charge is 0.220 e. The quantitative estimate of drug-likeness (QED) is 0.590. The molecule has 1 aliphatic heterocycles. The first-order valence-electron chi connectivity index (χ1n) is 11.3. The number of hydrogen-bond donors (Lipinski definition) is 1. The highest BCUT2D eigenvalue weighted by molar-refractivity contribution is 7.91. The number of pyridine rings is 1. The van der Waals surface area contributed by atoms with Crippen molar-refractivity contribution < 1.29 is 17.6 Å². The van der Waals surface area contributed by atoms with Crippen LogP contribution in [0.4, 0.5) is 4.39 Å². The zero-order chi connectivity index (χ0) is 24.1. The Labute approximate surface area is 197 Å². The van der Waals surface area contributed by atoms with Gasteiger partial charge in [0.2, 0.25) is 5.91 Å². The highest BCUT2D eigenvalue weighted by Gasteiger charge is 2.40. The summed E-state index contributed by atoms with van der Waals surface area (Å²) in [5, 5.41) is 12.0. The molecule has 4 heterocycles. The third-order valence-corrected chi connectivity index (χ3v) is 8.69. The SMILES string of the molecule is Cn1nccc1-c1nn(-c2ccc(F)cn2)c2c1CCC(CC(=O)N[C@@]1(C)CCS(=O)(=O)C1)C2. The second kappa shape index (κ2) is 8.30. The van der Waals surface area contributed by atoms with Crippen LogP contribution < -0.4 is 5.32 Å². The molecule has 1 fully saturated rings. The number of nitrogens with one attached hydrogen (secondary N) is 1. The predicted octanol–water partition coefficient (Wildman–Crippen LogP) is 2.00. The Morgan fingerprint density at radius 3 is 2.79 bits per heavy atom. The van der Waals surface area contributed by atoms with Crippen LogP contribution in [0.25, 0.3) is 17.2 Å². The average molecular weight is 487 g/mol. The van der Waals surface area contributed by atoms with Crippen LogP contribution in [0, 0.1) is 11.7 Å². The molecule has 1 saturated heterocycles. The average Bonchev–Trinajstić information content (AvgIpc) is 3.43. The molecular formula is C23H27FN6O3S. The van der Waals surface area contributed by atoms with Crippen LogP contribution in [-0.2, 0) is 34.5 Å². The molecule has 2 aliphatic rings. The van der Waals surface area contributed by atoms with E-state index in [0.29, 0.717) is 25.1 Å². The molecule has 3 aromatic heterocycles. The van der Waals surface area contributed by atoms with Crippen molar-refractivity contribution in [1.82, 2.24) is 29.9 Å². The van der Waals surface area contributed by atoms with Gasteiger partial charge in [-0.3, -0.25) is 9.48 Å². The van der Waals surface area contributed by atoms with Crippen molar-refractivity contribution in [2.45, 2.75) is 44.6 Å². The summed E-state index contributed by atoms with van der Waals surface area (Å²) in [6.07, 6.45) is 5.78. The normalized spacial score (nSPS) is 23.6. The Balaban J connectivity index is 1.41. The molecule has 1 N–H and O–H groups in total. The van der Waals surface area contributed by atoms with Gasteiger partial charge in [0.05, 0.1) is 34.6 Å². The van der Waals surface area contributed by atoms with Gasteiger partial charge in [-0.15, -0.1) is 0 Å². The summed E-state index contributed by atoms with van der Waals surface area (Å²) in [6.45, 7) is 1.80. The minimum absolute atomic E-state index is 0.0162. The van der Waals surface area contributed by atoms with E-state index >= 15 is 0 Å². The van der Waals surface area contributed by atoms with E-state index in [9.17, 15) is 17.6 Å². The van der Waals surface area contributed by atoms with Crippen LogP contribution in [0.5, 0.6) is 0 Å². The van der Waals surface area contributed by atoms with Gasteiger partial charge in [0, 0.05) is 25.2 Å². The maximum atomic E-state index is 13.5. The molecular weight excluding hydrogens is 459 g/mol. The van der Waals surface area contributed by atoms with Crippen molar-refractivity contribution in [3.05, 3.63) is 47.7 Å². The summed E-state index contributed by atoms with van der Waals surface area (Å²) >= 11 is 0. The minimum atomic E-state index is -3.10. The Bertz CT molecular complexity index is 1350. The Morgan fingerprint density at radius 2 is 2.15 bits per heavy atom. The summed E-state index contributed by atoms with van der Waals surface area (Å²) < 4.78 is 40.7. The molecule has 34 heavy (non-hydrogen) atoms. The zero-order valence-corrected chi connectivity index (χ0v) is 20.0. The molecule has 0 aromatic carbocycles. The highest BCUT2D eigenvalue weighted by Crippen LogP contribution is 2.35. The number of sulfone groups is 1. The number of aromatic nitrogens is 5. The fraction of sp³-hybridized carbons (Fsp3) is 0.478. The number of nitrogens with zero attached hydrogens (tertiary/aromatic N) is 5. The third-order valence-electron chi connectivity index (χ3n) is 6.79. The first-order valence-corrected chi connectivity index (χ1v) is 13.2. The maximum absolute atomic E-state index is 13.5. The molecule has 180 valence electrons. The van der Waals surface area contributed by atoms with Gasteiger partial charge in [-0.05, 0) is 56.7 Å². The largest absolute Gasteiger partial charge is 0.350 e. The number of fused-ring (bicyclic) bond motifs is 1. The highest BCUT2D eigenvalue weighted by atomic mass is 32.2. The Kier molecular flexibility index (Phi) is 5.54. The van der Waals surface area contributed by atoms with Crippen molar-refractivity contribution in [3.8, 4) is 17.2 Å². The summed E-state index contributed by atoms with van der Waals surface area (Å²) in [5.74, 6) is 0.123. The molecule has 0 saturated carbocycles. The molecule has 5 rings (SSSR count). The van der Waals surface area contributed by atoms with Crippen LogP contribution in [0.1, 0.15) is 37.4 Å². The second-order valence-corrected chi connectivity index (χ2v) is 11.8. The van der Waals surface area contributed by atoms with Gasteiger partial charge in [0.15, 0.2) is 15.7 Å². The van der Waals surface area contributed by atoms with Crippen LogP contribution in [-0.4, -0.2) is 55.9 Å². The summed E-state index contributed by atoms with van der Waals surface area (Å²) in [4.78, 5) is 17.0. The molecule has 9 nitrogen and oxygen atoms in total. The number of aryl methyl sites for hydroxylation is 1. The van der Waals surface area contributed by atoms with E-state index in [-0.39, 0.29) is 23.3 Å². The second-order valence-electron chi connectivity index (χ2n) is 9.62. The number of halogens is 1. The first kappa shape index (κ1) is 22.7. The molecule has 1 aliphatic carbocycles. The Hall–Kier alpha value is -3.08. The molecule has 0 radical (unpaired) electrons. The van der Waals surface area contributed by atoms with Crippen molar-refractivity contribution >= 4 is 15.7 Å². The lowest BCUT2D eigenvalue weighted by atomic mass is 9.84. The monoisotopic (exact) mass is 486 g/mol. The summed E-state index contributed by atoms with van der Waals surface area (Å²) in [7, 11) is -1.24. The van der Waals surface area contributed by atoms with E-state index < -0.39 is 21.2 Å². The van der Waals surface area contributed by atoms with Crippen LogP contribution in [0.15, 0.2) is 30.6 Å². The fourth-order valence-corrected chi connectivity index (χ4v) is 7.20. The first-order chi connectivity index (χ1) is 16.1. The lowest BCUT2D eigenvalue weighted by Gasteiger charge is -2.27.